The van der Waals surface area contributed by atoms with Gasteiger partial charge in [-0.2, -0.15) is 0 Å². The van der Waals surface area contributed by atoms with Gasteiger partial charge in [0.25, 0.3) is 10.0 Å². The molecule has 0 aliphatic rings. The van der Waals surface area contributed by atoms with Crippen LogP contribution in [0.5, 0.6) is 0 Å². The highest BCUT2D eigenvalue weighted by Crippen LogP contribution is 2.39. The molecule has 0 aliphatic heterocycles. The van der Waals surface area contributed by atoms with Crippen LogP contribution in [-0.2, 0) is 16.4 Å². The van der Waals surface area contributed by atoms with E-state index in [9.17, 15) is 21.6 Å². The van der Waals surface area contributed by atoms with E-state index in [1.807, 2.05) is 25.5 Å². The molecule has 2 aromatic carbocycles. The van der Waals surface area contributed by atoms with Crippen molar-refractivity contribution in [2.24, 2.45) is 0 Å². The quantitative estimate of drug-likeness (QED) is 0.316. The largest absolute Gasteiger partial charge is 0.277 e. The van der Waals surface area contributed by atoms with Crippen molar-refractivity contribution < 1.29 is 21.6 Å². The van der Waals surface area contributed by atoms with Crippen LogP contribution in [0.15, 0.2) is 53.6 Å². The van der Waals surface area contributed by atoms with Crippen LogP contribution < -0.4 is 4.72 Å². The SMILES string of the molecule is CCc1nccc(-c2sc(C(C)C)nc2-c2ccc(F)c(NS(=O)(=O)c3cc(F)ccc3F)c2)n1. The molecule has 182 valence electrons. The molecule has 0 aliphatic carbocycles. The second-order valence-corrected chi connectivity index (χ2v) is 10.7. The number of nitrogens with zero attached hydrogens (tertiary/aromatic N) is 3. The Hall–Kier alpha value is -3.31. The Balaban J connectivity index is 1.81. The minimum Gasteiger partial charge on any atom is -0.277 e. The lowest BCUT2D eigenvalue weighted by Gasteiger charge is -2.11. The van der Waals surface area contributed by atoms with Gasteiger partial charge in [0.05, 0.1) is 27.0 Å². The third kappa shape index (κ3) is 5.20. The van der Waals surface area contributed by atoms with Crippen LogP contribution in [0.25, 0.3) is 21.8 Å². The van der Waals surface area contributed by atoms with Crippen molar-refractivity contribution >= 4 is 27.0 Å². The molecular formula is C24H21F3N4O2S2. The van der Waals surface area contributed by atoms with E-state index in [2.05, 4.69) is 9.97 Å². The van der Waals surface area contributed by atoms with Gasteiger partial charge < -0.3 is 0 Å². The molecule has 1 N–H and O–H groups in total. The summed E-state index contributed by atoms with van der Waals surface area (Å²) < 4.78 is 69.7. The average Bonchev–Trinajstić information content (AvgIpc) is 3.28. The van der Waals surface area contributed by atoms with E-state index in [0.717, 1.165) is 22.0 Å². The second-order valence-electron chi connectivity index (χ2n) is 7.97. The first-order valence-corrected chi connectivity index (χ1v) is 13.0. The highest BCUT2D eigenvalue weighted by atomic mass is 32.2. The molecule has 0 amide bonds. The number of thiazole rings is 1. The van der Waals surface area contributed by atoms with Crippen molar-refractivity contribution in [1.82, 2.24) is 15.0 Å². The van der Waals surface area contributed by atoms with Crippen LogP contribution in [-0.4, -0.2) is 23.4 Å². The molecule has 0 bridgehead atoms. The summed E-state index contributed by atoms with van der Waals surface area (Å²) in [4.78, 5) is 13.3. The number of benzene rings is 2. The minimum absolute atomic E-state index is 0.106. The van der Waals surface area contributed by atoms with Crippen LogP contribution in [0.2, 0.25) is 0 Å². The maximum Gasteiger partial charge on any atom is 0.265 e. The number of hydrogen-bond donors (Lipinski definition) is 1. The van der Waals surface area contributed by atoms with Crippen LogP contribution >= 0.6 is 11.3 Å². The van der Waals surface area contributed by atoms with Crippen molar-refractivity contribution in [3.05, 3.63) is 76.9 Å². The standard InChI is InChI=1S/C24H21F3N4O2S2/c1-4-21-28-10-9-18(29-21)23-22(30-24(34-23)13(2)3)14-5-7-16(26)19(11-14)31-35(32,33)20-12-15(25)6-8-17(20)27/h5-13,31H,4H2,1-3H3. The summed E-state index contributed by atoms with van der Waals surface area (Å²) in [6.45, 7) is 5.91. The van der Waals surface area contributed by atoms with Gasteiger partial charge >= 0.3 is 0 Å². The molecule has 11 heteroatoms. The lowest BCUT2D eigenvalue weighted by molar-refractivity contribution is 0.555. The van der Waals surface area contributed by atoms with Gasteiger partial charge in [0.15, 0.2) is 0 Å². The van der Waals surface area contributed by atoms with Gasteiger partial charge in [-0.15, -0.1) is 11.3 Å². The Labute approximate surface area is 205 Å². The van der Waals surface area contributed by atoms with E-state index >= 15 is 0 Å². The second kappa shape index (κ2) is 9.74. The third-order valence-corrected chi connectivity index (χ3v) is 7.82. The molecule has 2 heterocycles. The summed E-state index contributed by atoms with van der Waals surface area (Å²) in [5.41, 5.74) is 1.15. The van der Waals surface area contributed by atoms with Crippen LogP contribution in [0.1, 0.15) is 37.5 Å². The van der Waals surface area contributed by atoms with Gasteiger partial charge in [-0.05, 0) is 42.5 Å². The summed E-state index contributed by atoms with van der Waals surface area (Å²) in [6, 6.07) is 7.61. The van der Waals surface area contributed by atoms with Gasteiger partial charge in [-0.25, -0.2) is 36.5 Å². The topological polar surface area (TPSA) is 84.8 Å². The van der Waals surface area contributed by atoms with E-state index in [1.165, 1.54) is 23.5 Å². The normalized spacial score (nSPS) is 11.7. The van der Waals surface area contributed by atoms with Crippen molar-refractivity contribution in [3.8, 4) is 21.8 Å². The Morgan fingerprint density at radius 3 is 2.46 bits per heavy atom. The first-order valence-electron chi connectivity index (χ1n) is 10.7. The lowest BCUT2D eigenvalue weighted by Crippen LogP contribution is -2.16. The van der Waals surface area contributed by atoms with E-state index in [4.69, 9.17) is 4.98 Å². The number of rotatable bonds is 7. The van der Waals surface area contributed by atoms with Crippen molar-refractivity contribution in [1.29, 1.82) is 0 Å². The average molecular weight is 519 g/mol. The number of aromatic nitrogens is 3. The van der Waals surface area contributed by atoms with Gasteiger partial charge in [0.2, 0.25) is 0 Å². The lowest BCUT2D eigenvalue weighted by atomic mass is 10.1. The van der Waals surface area contributed by atoms with Gasteiger partial charge in [0.1, 0.15) is 28.2 Å². The number of anilines is 1. The molecule has 35 heavy (non-hydrogen) atoms. The van der Waals surface area contributed by atoms with Crippen molar-refractivity contribution in [3.63, 3.8) is 0 Å². The van der Waals surface area contributed by atoms with E-state index in [-0.39, 0.29) is 5.92 Å². The maximum absolute atomic E-state index is 14.6. The Kier molecular flexibility index (Phi) is 6.91. The van der Waals surface area contributed by atoms with E-state index in [1.54, 1.807) is 12.3 Å². The number of sulfonamides is 1. The van der Waals surface area contributed by atoms with Crippen molar-refractivity contribution in [2.75, 3.05) is 4.72 Å². The molecule has 0 radical (unpaired) electrons. The number of aryl methyl sites for hydroxylation is 1. The fourth-order valence-corrected chi connectivity index (χ4v) is 5.49. The van der Waals surface area contributed by atoms with Crippen LogP contribution in [0.4, 0.5) is 18.9 Å². The zero-order valence-electron chi connectivity index (χ0n) is 19.0. The fourth-order valence-electron chi connectivity index (χ4n) is 3.28. The predicted octanol–water partition coefficient (Wildman–Crippen LogP) is 6.17. The van der Waals surface area contributed by atoms with E-state index < -0.39 is 38.1 Å². The van der Waals surface area contributed by atoms with Crippen LogP contribution in [0.3, 0.4) is 0 Å². The molecule has 0 unspecified atom stereocenters. The monoisotopic (exact) mass is 518 g/mol. The first kappa shape index (κ1) is 24.8. The predicted molar refractivity (Wildman–Crippen MR) is 129 cm³/mol. The summed E-state index contributed by atoms with van der Waals surface area (Å²) >= 11 is 1.43. The van der Waals surface area contributed by atoms with Gasteiger partial charge in [0, 0.05) is 24.1 Å². The van der Waals surface area contributed by atoms with E-state index in [0.29, 0.717) is 41.3 Å². The minimum atomic E-state index is -4.61. The highest BCUT2D eigenvalue weighted by Gasteiger charge is 2.23. The molecule has 4 aromatic rings. The number of nitrogens with one attached hydrogen (secondary N) is 1. The fraction of sp³-hybridized carbons (Fsp3) is 0.208. The molecule has 0 atom stereocenters. The zero-order valence-corrected chi connectivity index (χ0v) is 20.6. The third-order valence-electron chi connectivity index (χ3n) is 5.06. The number of halogens is 3. The molecule has 4 rings (SSSR count). The maximum atomic E-state index is 14.6. The Morgan fingerprint density at radius 1 is 1.00 bits per heavy atom. The summed E-state index contributed by atoms with van der Waals surface area (Å²) in [5, 5.41) is 0.819. The smallest absolute Gasteiger partial charge is 0.265 e. The highest BCUT2D eigenvalue weighted by molar-refractivity contribution is 7.92. The number of hydrogen-bond acceptors (Lipinski definition) is 6. The summed E-state index contributed by atoms with van der Waals surface area (Å²) in [6.07, 6.45) is 2.29. The van der Waals surface area contributed by atoms with Gasteiger partial charge in [-0.3, -0.25) is 4.72 Å². The summed E-state index contributed by atoms with van der Waals surface area (Å²) in [7, 11) is -4.61. The Bertz CT molecular complexity index is 1500. The Morgan fingerprint density at radius 2 is 1.74 bits per heavy atom. The van der Waals surface area contributed by atoms with Gasteiger partial charge in [-0.1, -0.05) is 20.8 Å². The molecule has 0 fully saturated rings. The van der Waals surface area contributed by atoms with Crippen LogP contribution in [0, 0.1) is 17.5 Å². The van der Waals surface area contributed by atoms with Crippen molar-refractivity contribution in [2.45, 2.75) is 38.0 Å². The molecular weight excluding hydrogens is 497 g/mol. The zero-order chi connectivity index (χ0) is 25.3. The molecule has 0 saturated heterocycles. The molecule has 2 aromatic heterocycles. The molecule has 0 saturated carbocycles. The molecule has 6 nitrogen and oxygen atoms in total. The molecule has 0 spiro atoms. The summed E-state index contributed by atoms with van der Waals surface area (Å²) in [5.74, 6) is -2.22. The first-order chi connectivity index (χ1) is 16.6.